The summed E-state index contributed by atoms with van der Waals surface area (Å²) in [6, 6.07) is 15.0. The molecule has 0 unspecified atom stereocenters. The van der Waals surface area contributed by atoms with Crippen LogP contribution in [0, 0.1) is 0 Å². The number of anilines is 5. The van der Waals surface area contributed by atoms with Crippen LogP contribution in [0.3, 0.4) is 0 Å². The van der Waals surface area contributed by atoms with Crippen molar-refractivity contribution < 1.29 is 14.4 Å². The van der Waals surface area contributed by atoms with Crippen molar-refractivity contribution in [1.82, 2.24) is 25.5 Å². The highest BCUT2D eigenvalue weighted by molar-refractivity contribution is 6.33. The smallest absolute Gasteiger partial charge is 0.253 e. The second kappa shape index (κ2) is 14.8. The van der Waals surface area contributed by atoms with E-state index in [0.29, 0.717) is 54.1 Å². The van der Waals surface area contributed by atoms with Gasteiger partial charge in [-0.3, -0.25) is 14.4 Å². The predicted molar refractivity (Wildman–Crippen MR) is 166 cm³/mol. The van der Waals surface area contributed by atoms with E-state index in [1.807, 2.05) is 35.2 Å². The summed E-state index contributed by atoms with van der Waals surface area (Å²) in [5.74, 6) is 0.454. The Balaban J connectivity index is 1.28. The van der Waals surface area contributed by atoms with E-state index in [9.17, 15) is 14.4 Å². The maximum absolute atomic E-state index is 12.6. The summed E-state index contributed by atoms with van der Waals surface area (Å²) in [6.45, 7) is 6.81. The van der Waals surface area contributed by atoms with Crippen molar-refractivity contribution in [2.24, 2.45) is 0 Å². The Morgan fingerprint density at radius 1 is 1.00 bits per heavy atom. The molecular formula is C30H35ClN8O3. The second-order valence-corrected chi connectivity index (χ2v) is 10.0. The summed E-state index contributed by atoms with van der Waals surface area (Å²) in [7, 11) is 1.57. The highest BCUT2D eigenvalue weighted by atomic mass is 35.5. The number of aromatic nitrogens is 2. The number of rotatable bonds is 12. The fourth-order valence-corrected chi connectivity index (χ4v) is 4.65. The average Bonchev–Trinajstić information content (AvgIpc) is 3.02. The lowest BCUT2D eigenvalue weighted by molar-refractivity contribution is -0.131. The minimum absolute atomic E-state index is 0.151. The van der Waals surface area contributed by atoms with E-state index in [4.69, 9.17) is 11.6 Å². The van der Waals surface area contributed by atoms with Gasteiger partial charge in [-0.2, -0.15) is 4.98 Å². The number of halogens is 1. The molecule has 0 saturated carbocycles. The fraction of sp³-hybridized carbons (Fsp3) is 0.300. The Morgan fingerprint density at radius 2 is 1.74 bits per heavy atom. The van der Waals surface area contributed by atoms with Crippen LogP contribution in [0.15, 0.2) is 67.4 Å². The van der Waals surface area contributed by atoms with Gasteiger partial charge in [0.05, 0.1) is 17.4 Å². The Labute approximate surface area is 250 Å². The molecule has 4 N–H and O–H groups in total. The SMILES string of the molecule is C=CC(=O)NCCCCC(=O)N1CCN(c2ccc(Nc3ncc(Cl)c(Nc4ccccc4C(=O)NC)n3)cc2)CC1. The molecular weight excluding hydrogens is 556 g/mol. The lowest BCUT2D eigenvalue weighted by Gasteiger charge is -2.36. The second-order valence-electron chi connectivity index (χ2n) is 9.63. The van der Waals surface area contributed by atoms with Crippen molar-refractivity contribution in [3.8, 4) is 0 Å². The number of nitrogens with one attached hydrogen (secondary N) is 4. The number of piperazine rings is 1. The van der Waals surface area contributed by atoms with E-state index in [1.54, 1.807) is 25.2 Å². The molecule has 11 nitrogen and oxygen atoms in total. The number of amides is 3. The van der Waals surface area contributed by atoms with Crippen LogP contribution >= 0.6 is 11.6 Å². The number of hydrogen-bond acceptors (Lipinski definition) is 8. The number of para-hydroxylation sites is 1. The Hall–Kier alpha value is -4.64. The van der Waals surface area contributed by atoms with Crippen LogP contribution in [-0.2, 0) is 9.59 Å². The zero-order valence-corrected chi connectivity index (χ0v) is 24.3. The van der Waals surface area contributed by atoms with Gasteiger partial charge in [-0.05, 0) is 55.3 Å². The number of unbranched alkanes of at least 4 members (excludes halogenated alkanes) is 1. The number of nitrogens with zero attached hydrogens (tertiary/aromatic N) is 4. The minimum atomic E-state index is -0.224. The van der Waals surface area contributed by atoms with Gasteiger partial charge < -0.3 is 31.1 Å². The number of carbonyl (C=O) groups excluding carboxylic acids is 3. The molecule has 0 spiro atoms. The standard InChI is InChI=1S/C30H35ClN8O3/c1-3-26(40)33-15-7-6-10-27(41)39-18-16-38(17-19-39)22-13-11-21(12-14-22)35-30-34-20-24(31)28(37-30)36-25-9-5-4-8-23(25)29(42)32-2/h3-5,8-9,11-14,20H,1,6-7,10,15-19H2,2H3,(H,32,42)(H,33,40)(H2,34,35,36,37). The van der Waals surface area contributed by atoms with Crippen LogP contribution in [0.2, 0.25) is 5.02 Å². The first-order valence-corrected chi connectivity index (χ1v) is 14.2. The Bertz CT molecular complexity index is 1410. The molecule has 1 aliphatic rings. The van der Waals surface area contributed by atoms with E-state index in [2.05, 4.69) is 42.7 Å². The van der Waals surface area contributed by atoms with Crippen LogP contribution < -0.4 is 26.2 Å². The van der Waals surface area contributed by atoms with E-state index >= 15 is 0 Å². The summed E-state index contributed by atoms with van der Waals surface area (Å²) in [5, 5.41) is 12.0. The third-order valence-electron chi connectivity index (χ3n) is 6.82. The molecule has 1 fully saturated rings. The van der Waals surface area contributed by atoms with Crippen LogP contribution in [-0.4, -0.2) is 72.4 Å². The average molecular weight is 591 g/mol. The van der Waals surface area contributed by atoms with Crippen LogP contribution in [0.5, 0.6) is 0 Å². The molecule has 42 heavy (non-hydrogen) atoms. The molecule has 0 radical (unpaired) electrons. The summed E-state index contributed by atoms with van der Waals surface area (Å²) < 4.78 is 0. The van der Waals surface area contributed by atoms with Gasteiger partial charge in [0.2, 0.25) is 17.8 Å². The molecule has 4 rings (SSSR count). The van der Waals surface area contributed by atoms with Gasteiger partial charge in [0.15, 0.2) is 5.82 Å². The van der Waals surface area contributed by atoms with Gasteiger partial charge in [-0.1, -0.05) is 30.3 Å². The van der Waals surface area contributed by atoms with Gasteiger partial charge in [-0.25, -0.2) is 4.98 Å². The van der Waals surface area contributed by atoms with Crippen molar-refractivity contribution in [2.45, 2.75) is 19.3 Å². The van der Waals surface area contributed by atoms with Gasteiger partial charge >= 0.3 is 0 Å². The molecule has 0 bridgehead atoms. The lowest BCUT2D eigenvalue weighted by Crippen LogP contribution is -2.48. The van der Waals surface area contributed by atoms with Gasteiger partial charge in [0, 0.05) is 57.6 Å². The molecule has 1 saturated heterocycles. The summed E-state index contributed by atoms with van der Waals surface area (Å²) in [6.07, 6.45) is 4.72. The molecule has 3 aromatic rings. The Kier molecular flexibility index (Phi) is 10.7. The van der Waals surface area contributed by atoms with Crippen LogP contribution in [0.4, 0.5) is 28.8 Å². The van der Waals surface area contributed by atoms with E-state index in [0.717, 1.165) is 37.3 Å². The van der Waals surface area contributed by atoms with E-state index < -0.39 is 0 Å². The summed E-state index contributed by atoms with van der Waals surface area (Å²) >= 11 is 6.34. The maximum atomic E-state index is 12.6. The zero-order chi connectivity index (χ0) is 29.9. The van der Waals surface area contributed by atoms with E-state index in [1.165, 1.54) is 12.3 Å². The van der Waals surface area contributed by atoms with Gasteiger partial charge in [0.1, 0.15) is 5.02 Å². The quantitative estimate of drug-likeness (QED) is 0.183. The van der Waals surface area contributed by atoms with Crippen molar-refractivity contribution in [2.75, 3.05) is 55.3 Å². The maximum Gasteiger partial charge on any atom is 0.253 e. The molecule has 0 atom stereocenters. The summed E-state index contributed by atoms with van der Waals surface area (Å²) in [5.41, 5.74) is 2.91. The molecule has 220 valence electrons. The molecule has 2 aromatic carbocycles. The van der Waals surface area contributed by atoms with Crippen LogP contribution in [0.1, 0.15) is 29.6 Å². The van der Waals surface area contributed by atoms with Gasteiger partial charge in [-0.15, -0.1) is 0 Å². The number of benzene rings is 2. The lowest BCUT2D eigenvalue weighted by atomic mass is 10.1. The number of hydrogen-bond donors (Lipinski definition) is 4. The molecule has 3 amide bonds. The molecule has 1 aliphatic heterocycles. The third kappa shape index (κ3) is 8.20. The monoisotopic (exact) mass is 590 g/mol. The number of carbonyl (C=O) groups is 3. The molecule has 12 heteroatoms. The fourth-order valence-electron chi connectivity index (χ4n) is 4.51. The predicted octanol–water partition coefficient (Wildman–Crippen LogP) is 4.10. The minimum Gasteiger partial charge on any atom is -0.368 e. The summed E-state index contributed by atoms with van der Waals surface area (Å²) in [4.78, 5) is 48.9. The Morgan fingerprint density at radius 3 is 2.45 bits per heavy atom. The first-order valence-electron chi connectivity index (χ1n) is 13.8. The van der Waals surface area contributed by atoms with Crippen molar-refractivity contribution in [3.05, 3.63) is 78.0 Å². The highest BCUT2D eigenvalue weighted by Crippen LogP contribution is 2.27. The van der Waals surface area contributed by atoms with Crippen LogP contribution in [0.25, 0.3) is 0 Å². The van der Waals surface area contributed by atoms with Crippen molar-refractivity contribution in [3.63, 3.8) is 0 Å². The normalized spacial score (nSPS) is 12.8. The van der Waals surface area contributed by atoms with Crippen molar-refractivity contribution >= 4 is 58.2 Å². The third-order valence-corrected chi connectivity index (χ3v) is 7.10. The largest absolute Gasteiger partial charge is 0.368 e. The first kappa shape index (κ1) is 30.3. The zero-order valence-electron chi connectivity index (χ0n) is 23.5. The first-order chi connectivity index (χ1) is 20.4. The van der Waals surface area contributed by atoms with Crippen molar-refractivity contribution in [1.29, 1.82) is 0 Å². The highest BCUT2D eigenvalue weighted by Gasteiger charge is 2.21. The molecule has 2 heterocycles. The molecule has 1 aromatic heterocycles. The van der Waals surface area contributed by atoms with E-state index in [-0.39, 0.29) is 17.7 Å². The molecule has 0 aliphatic carbocycles. The van der Waals surface area contributed by atoms with Gasteiger partial charge in [0.25, 0.3) is 5.91 Å². The topological polar surface area (TPSA) is 132 Å².